The lowest BCUT2D eigenvalue weighted by molar-refractivity contribution is 0.456. The molecule has 0 aliphatic carbocycles. The highest BCUT2D eigenvalue weighted by molar-refractivity contribution is 5.80. The molecule has 20 heavy (non-hydrogen) atoms. The quantitative estimate of drug-likeness (QED) is 0.767. The van der Waals surface area contributed by atoms with Gasteiger partial charge < -0.3 is 14.3 Å². The zero-order chi connectivity index (χ0) is 13.9. The Morgan fingerprint density at radius 1 is 1.35 bits per heavy atom. The standard InChI is InChI=1S/C14H17N5O/c1-3-15-7-11-8-19(9-13-18-17-10(2)20-13)14-12(11)5-4-6-16-14/h4-6,8,15H,3,7,9H2,1-2H3. The van der Waals surface area contributed by atoms with Crippen molar-refractivity contribution < 1.29 is 4.42 Å². The fourth-order valence-corrected chi connectivity index (χ4v) is 2.26. The lowest BCUT2D eigenvalue weighted by atomic mass is 10.2. The highest BCUT2D eigenvalue weighted by atomic mass is 16.4. The molecule has 0 aliphatic heterocycles. The molecule has 0 aliphatic rings. The smallest absolute Gasteiger partial charge is 0.236 e. The normalized spacial score (nSPS) is 11.3. The van der Waals surface area contributed by atoms with Crippen molar-refractivity contribution in [2.24, 2.45) is 0 Å². The molecule has 0 saturated carbocycles. The van der Waals surface area contributed by atoms with Gasteiger partial charge in [0.2, 0.25) is 11.8 Å². The van der Waals surface area contributed by atoms with Gasteiger partial charge in [-0.2, -0.15) is 0 Å². The van der Waals surface area contributed by atoms with Crippen molar-refractivity contribution >= 4 is 11.0 Å². The zero-order valence-corrected chi connectivity index (χ0v) is 11.6. The number of nitrogens with zero attached hydrogens (tertiary/aromatic N) is 4. The second-order valence-electron chi connectivity index (χ2n) is 4.65. The van der Waals surface area contributed by atoms with E-state index in [2.05, 4.69) is 44.3 Å². The topological polar surface area (TPSA) is 68.8 Å². The Bertz CT molecular complexity index is 715. The molecule has 0 unspecified atom stereocenters. The Balaban J connectivity index is 1.97. The van der Waals surface area contributed by atoms with Gasteiger partial charge in [-0.1, -0.05) is 6.92 Å². The van der Waals surface area contributed by atoms with E-state index in [4.69, 9.17) is 4.42 Å². The average Bonchev–Trinajstić information content (AvgIpc) is 3.02. The molecular formula is C14H17N5O. The molecule has 3 aromatic rings. The third-order valence-corrected chi connectivity index (χ3v) is 3.16. The molecular weight excluding hydrogens is 254 g/mol. The first kappa shape index (κ1) is 12.8. The van der Waals surface area contributed by atoms with Crippen LogP contribution in [-0.4, -0.2) is 26.3 Å². The zero-order valence-electron chi connectivity index (χ0n) is 11.6. The highest BCUT2D eigenvalue weighted by Gasteiger charge is 2.11. The number of nitrogens with one attached hydrogen (secondary N) is 1. The van der Waals surface area contributed by atoms with E-state index in [1.54, 1.807) is 13.1 Å². The molecule has 0 fully saturated rings. The van der Waals surface area contributed by atoms with Crippen molar-refractivity contribution in [2.75, 3.05) is 6.54 Å². The molecule has 3 heterocycles. The molecule has 6 nitrogen and oxygen atoms in total. The fraction of sp³-hybridized carbons (Fsp3) is 0.357. The first-order valence-electron chi connectivity index (χ1n) is 6.70. The van der Waals surface area contributed by atoms with Crippen LogP contribution in [0.1, 0.15) is 24.3 Å². The van der Waals surface area contributed by atoms with Gasteiger partial charge in [-0.3, -0.25) is 0 Å². The van der Waals surface area contributed by atoms with Crippen molar-refractivity contribution in [2.45, 2.75) is 26.9 Å². The molecule has 0 aromatic carbocycles. The molecule has 3 rings (SSSR count). The predicted octanol–water partition coefficient (Wildman–Crippen LogP) is 1.89. The van der Waals surface area contributed by atoms with Gasteiger partial charge in [0, 0.05) is 31.2 Å². The number of aryl methyl sites for hydroxylation is 1. The molecule has 0 saturated heterocycles. The summed E-state index contributed by atoms with van der Waals surface area (Å²) in [6.45, 7) is 6.20. The van der Waals surface area contributed by atoms with Gasteiger partial charge in [-0.05, 0) is 24.2 Å². The summed E-state index contributed by atoms with van der Waals surface area (Å²) in [5.74, 6) is 1.18. The van der Waals surface area contributed by atoms with Crippen molar-refractivity contribution in [3.63, 3.8) is 0 Å². The molecule has 0 spiro atoms. The van der Waals surface area contributed by atoms with E-state index in [1.807, 2.05) is 6.07 Å². The minimum Gasteiger partial charge on any atom is -0.424 e. The summed E-state index contributed by atoms with van der Waals surface area (Å²) in [6, 6.07) is 4.05. The fourth-order valence-electron chi connectivity index (χ4n) is 2.26. The second kappa shape index (κ2) is 5.42. The molecule has 6 heteroatoms. The van der Waals surface area contributed by atoms with Crippen LogP contribution in [0, 0.1) is 6.92 Å². The van der Waals surface area contributed by atoms with Gasteiger partial charge in [0.15, 0.2) is 0 Å². The van der Waals surface area contributed by atoms with Crippen LogP contribution in [-0.2, 0) is 13.1 Å². The van der Waals surface area contributed by atoms with E-state index in [-0.39, 0.29) is 0 Å². The van der Waals surface area contributed by atoms with Gasteiger partial charge in [0.05, 0.1) is 0 Å². The summed E-state index contributed by atoms with van der Waals surface area (Å²) < 4.78 is 7.49. The predicted molar refractivity (Wildman–Crippen MR) is 75.3 cm³/mol. The maximum absolute atomic E-state index is 5.44. The largest absolute Gasteiger partial charge is 0.424 e. The number of rotatable bonds is 5. The minimum absolute atomic E-state index is 0.542. The van der Waals surface area contributed by atoms with Gasteiger partial charge in [-0.15, -0.1) is 10.2 Å². The van der Waals surface area contributed by atoms with Crippen molar-refractivity contribution in [3.8, 4) is 0 Å². The first-order chi connectivity index (χ1) is 9.78. The average molecular weight is 271 g/mol. The molecule has 0 bridgehead atoms. The van der Waals surface area contributed by atoms with E-state index in [0.717, 1.165) is 24.1 Å². The van der Waals surface area contributed by atoms with E-state index < -0.39 is 0 Å². The third kappa shape index (κ3) is 2.42. The Hall–Kier alpha value is -2.21. The Morgan fingerprint density at radius 3 is 3.00 bits per heavy atom. The van der Waals surface area contributed by atoms with E-state index >= 15 is 0 Å². The molecule has 0 amide bonds. The number of fused-ring (bicyclic) bond motifs is 1. The summed E-state index contributed by atoms with van der Waals surface area (Å²) in [5, 5.41) is 12.4. The molecule has 0 atom stereocenters. The van der Waals surface area contributed by atoms with Gasteiger partial charge >= 0.3 is 0 Å². The summed E-state index contributed by atoms with van der Waals surface area (Å²) in [6.07, 6.45) is 3.90. The van der Waals surface area contributed by atoms with Crippen LogP contribution in [0.5, 0.6) is 0 Å². The van der Waals surface area contributed by atoms with Crippen LogP contribution >= 0.6 is 0 Å². The minimum atomic E-state index is 0.542. The number of hydrogen-bond donors (Lipinski definition) is 1. The lowest BCUT2D eigenvalue weighted by Crippen LogP contribution is -2.11. The maximum Gasteiger partial charge on any atom is 0.236 e. The van der Waals surface area contributed by atoms with E-state index in [9.17, 15) is 0 Å². The molecule has 0 radical (unpaired) electrons. The SMILES string of the molecule is CCNCc1cn(Cc2nnc(C)o2)c2ncccc12. The van der Waals surface area contributed by atoms with Gasteiger partial charge in [0.1, 0.15) is 12.2 Å². The Kier molecular flexibility index (Phi) is 3.47. The Labute approximate surface area is 116 Å². The van der Waals surface area contributed by atoms with Crippen LogP contribution < -0.4 is 5.32 Å². The maximum atomic E-state index is 5.44. The molecule has 3 aromatic heterocycles. The van der Waals surface area contributed by atoms with E-state index in [1.165, 1.54) is 5.56 Å². The van der Waals surface area contributed by atoms with Crippen LogP contribution in [0.4, 0.5) is 0 Å². The summed E-state index contributed by atoms with van der Waals surface area (Å²) in [4.78, 5) is 4.46. The summed E-state index contributed by atoms with van der Waals surface area (Å²) >= 11 is 0. The van der Waals surface area contributed by atoms with E-state index in [0.29, 0.717) is 18.3 Å². The van der Waals surface area contributed by atoms with Crippen molar-refractivity contribution in [1.82, 2.24) is 25.1 Å². The second-order valence-corrected chi connectivity index (χ2v) is 4.65. The van der Waals surface area contributed by atoms with Crippen molar-refractivity contribution in [3.05, 3.63) is 41.9 Å². The summed E-state index contributed by atoms with van der Waals surface area (Å²) in [7, 11) is 0. The van der Waals surface area contributed by atoms with Crippen LogP contribution in [0.25, 0.3) is 11.0 Å². The van der Waals surface area contributed by atoms with Crippen molar-refractivity contribution in [1.29, 1.82) is 0 Å². The third-order valence-electron chi connectivity index (χ3n) is 3.16. The summed E-state index contributed by atoms with van der Waals surface area (Å²) in [5.41, 5.74) is 2.17. The number of aromatic nitrogens is 4. The van der Waals surface area contributed by atoms with Crippen LogP contribution in [0.2, 0.25) is 0 Å². The number of hydrogen-bond acceptors (Lipinski definition) is 5. The lowest BCUT2D eigenvalue weighted by Gasteiger charge is -1.99. The highest BCUT2D eigenvalue weighted by Crippen LogP contribution is 2.20. The van der Waals surface area contributed by atoms with Gasteiger partial charge in [0.25, 0.3) is 0 Å². The number of pyridine rings is 1. The monoisotopic (exact) mass is 271 g/mol. The Morgan fingerprint density at radius 2 is 2.25 bits per heavy atom. The molecule has 1 N–H and O–H groups in total. The van der Waals surface area contributed by atoms with Crippen LogP contribution in [0.3, 0.4) is 0 Å². The first-order valence-corrected chi connectivity index (χ1v) is 6.70. The molecule has 104 valence electrons. The van der Waals surface area contributed by atoms with Crippen LogP contribution in [0.15, 0.2) is 28.9 Å². The van der Waals surface area contributed by atoms with Gasteiger partial charge in [-0.25, -0.2) is 4.98 Å².